The summed E-state index contributed by atoms with van der Waals surface area (Å²) in [4.78, 5) is 16.7. The van der Waals surface area contributed by atoms with E-state index >= 15 is 0 Å². The van der Waals surface area contributed by atoms with E-state index < -0.39 is 0 Å². The minimum Gasteiger partial charge on any atom is -0.326 e. The number of aromatic amines is 1. The average Bonchev–Trinajstić information content (AvgIpc) is 3.02. The molecule has 2 unspecified atom stereocenters. The van der Waals surface area contributed by atoms with Crippen LogP contribution >= 0.6 is 0 Å². The molecule has 0 saturated carbocycles. The first-order valence-corrected chi connectivity index (χ1v) is 8.62. The van der Waals surface area contributed by atoms with E-state index in [4.69, 9.17) is 0 Å². The molecule has 2 aromatic rings. The quantitative estimate of drug-likeness (QED) is 0.788. The highest BCUT2D eigenvalue weighted by molar-refractivity contribution is 5.91. The molecule has 3 rings (SSSR count). The van der Waals surface area contributed by atoms with E-state index in [0.29, 0.717) is 24.1 Å². The molecule has 24 heavy (non-hydrogen) atoms. The van der Waals surface area contributed by atoms with Crippen molar-refractivity contribution in [3.63, 3.8) is 0 Å². The van der Waals surface area contributed by atoms with Gasteiger partial charge in [-0.25, -0.2) is 4.98 Å². The van der Waals surface area contributed by atoms with Gasteiger partial charge in [0.25, 0.3) is 0 Å². The van der Waals surface area contributed by atoms with Gasteiger partial charge < -0.3 is 10.6 Å². The van der Waals surface area contributed by atoms with Crippen LogP contribution in [0.15, 0.2) is 24.3 Å². The number of nitrogens with zero attached hydrogens (tertiary/aromatic N) is 2. The Kier molecular flexibility index (Phi) is 5.25. The van der Waals surface area contributed by atoms with E-state index in [1.165, 1.54) is 12.8 Å². The van der Waals surface area contributed by atoms with Gasteiger partial charge in [0.1, 0.15) is 5.82 Å². The molecule has 1 fully saturated rings. The number of aryl methyl sites for hydroxylation is 1. The van der Waals surface area contributed by atoms with Crippen molar-refractivity contribution in [2.75, 3.05) is 18.4 Å². The predicted molar refractivity (Wildman–Crippen MR) is 94.6 cm³/mol. The van der Waals surface area contributed by atoms with Crippen LogP contribution in [0.4, 0.5) is 5.69 Å². The first-order valence-electron chi connectivity index (χ1n) is 8.62. The molecule has 0 aliphatic carbocycles. The van der Waals surface area contributed by atoms with Crippen LogP contribution in [-0.2, 0) is 4.79 Å². The molecule has 6 heteroatoms. The summed E-state index contributed by atoms with van der Waals surface area (Å²) < 4.78 is 0. The number of benzene rings is 1. The molecule has 1 amide bonds. The highest BCUT2D eigenvalue weighted by atomic mass is 16.1. The van der Waals surface area contributed by atoms with Gasteiger partial charge in [0.2, 0.25) is 5.91 Å². The molecule has 1 aromatic heterocycles. The van der Waals surface area contributed by atoms with Crippen LogP contribution in [0.2, 0.25) is 0 Å². The summed E-state index contributed by atoms with van der Waals surface area (Å²) in [5.41, 5.74) is 1.68. The summed E-state index contributed by atoms with van der Waals surface area (Å²) in [6, 6.07) is 7.65. The molecule has 2 heterocycles. The Morgan fingerprint density at radius 3 is 3.04 bits per heavy atom. The minimum atomic E-state index is 0.0661. The zero-order valence-corrected chi connectivity index (χ0v) is 14.3. The first kappa shape index (κ1) is 16.6. The van der Waals surface area contributed by atoms with E-state index in [-0.39, 0.29) is 5.91 Å². The number of piperidine rings is 1. The largest absolute Gasteiger partial charge is 0.326 e. The number of aromatic nitrogens is 3. The molecule has 128 valence electrons. The molecule has 2 atom stereocenters. The van der Waals surface area contributed by atoms with Crippen molar-refractivity contribution in [2.45, 2.75) is 33.1 Å². The van der Waals surface area contributed by atoms with Crippen molar-refractivity contribution in [2.24, 2.45) is 11.8 Å². The minimum absolute atomic E-state index is 0.0661. The van der Waals surface area contributed by atoms with Crippen molar-refractivity contribution in [1.29, 1.82) is 0 Å². The third-order valence-electron chi connectivity index (χ3n) is 4.65. The van der Waals surface area contributed by atoms with Gasteiger partial charge in [-0.1, -0.05) is 19.1 Å². The summed E-state index contributed by atoms with van der Waals surface area (Å²) in [6.45, 7) is 6.16. The maximum Gasteiger partial charge on any atom is 0.224 e. The number of carbonyl (C=O) groups excluding carboxylic acids is 1. The number of hydrogen-bond acceptors (Lipinski definition) is 4. The Morgan fingerprint density at radius 2 is 2.33 bits per heavy atom. The number of amides is 1. The van der Waals surface area contributed by atoms with Crippen molar-refractivity contribution >= 4 is 11.6 Å². The summed E-state index contributed by atoms with van der Waals surface area (Å²) in [6.07, 6.45) is 2.96. The Balaban J connectivity index is 1.60. The second-order valence-electron chi connectivity index (χ2n) is 6.66. The molecule has 3 N–H and O–H groups in total. The van der Waals surface area contributed by atoms with E-state index in [0.717, 1.165) is 30.2 Å². The molecular weight excluding hydrogens is 302 g/mol. The Hall–Kier alpha value is -2.21. The van der Waals surface area contributed by atoms with Crippen LogP contribution < -0.4 is 10.6 Å². The maximum absolute atomic E-state index is 12.3. The molecular formula is C18H25N5O. The lowest BCUT2D eigenvalue weighted by atomic mass is 9.85. The third kappa shape index (κ3) is 4.20. The van der Waals surface area contributed by atoms with Gasteiger partial charge in [-0.2, -0.15) is 5.10 Å². The number of H-pyrrole nitrogens is 1. The average molecular weight is 327 g/mol. The number of carbonyl (C=O) groups is 1. The zero-order chi connectivity index (χ0) is 16.9. The summed E-state index contributed by atoms with van der Waals surface area (Å²) in [5.74, 6) is 2.46. The van der Waals surface area contributed by atoms with E-state index in [1.54, 1.807) is 0 Å². The second kappa shape index (κ2) is 7.57. The highest BCUT2D eigenvalue weighted by Gasteiger charge is 2.22. The normalized spacial score (nSPS) is 19.0. The molecule has 6 nitrogen and oxygen atoms in total. The molecule has 0 spiro atoms. The van der Waals surface area contributed by atoms with Gasteiger partial charge >= 0.3 is 0 Å². The topological polar surface area (TPSA) is 82.7 Å². The maximum atomic E-state index is 12.3. The lowest BCUT2D eigenvalue weighted by Crippen LogP contribution is -2.34. The summed E-state index contributed by atoms with van der Waals surface area (Å²) >= 11 is 0. The summed E-state index contributed by atoms with van der Waals surface area (Å²) in [7, 11) is 0. The van der Waals surface area contributed by atoms with Gasteiger partial charge in [0.15, 0.2) is 5.82 Å². The van der Waals surface area contributed by atoms with Crippen molar-refractivity contribution in [1.82, 2.24) is 20.5 Å². The zero-order valence-electron chi connectivity index (χ0n) is 14.3. The van der Waals surface area contributed by atoms with Gasteiger partial charge in [0.05, 0.1) is 0 Å². The molecule has 1 saturated heterocycles. The molecule has 0 radical (unpaired) electrons. The van der Waals surface area contributed by atoms with Crippen LogP contribution in [0.5, 0.6) is 0 Å². The van der Waals surface area contributed by atoms with E-state index in [1.807, 2.05) is 31.2 Å². The molecule has 0 bridgehead atoms. The monoisotopic (exact) mass is 327 g/mol. The fraction of sp³-hybridized carbons (Fsp3) is 0.500. The van der Waals surface area contributed by atoms with Crippen LogP contribution in [0.3, 0.4) is 0 Å². The van der Waals surface area contributed by atoms with Gasteiger partial charge in [-0.15, -0.1) is 0 Å². The first-order chi connectivity index (χ1) is 11.6. The van der Waals surface area contributed by atoms with Gasteiger partial charge in [-0.05, 0) is 56.8 Å². The fourth-order valence-electron chi connectivity index (χ4n) is 3.24. The van der Waals surface area contributed by atoms with Crippen molar-refractivity contribution in [3.05, 3.63) is 30.1 Å². The lowest BCUT2D eigenvalue weighted by molar-refractivity contribution is -0.117. The fourth-order valence-corrected chi connectivity index (χ4v) is 3.24. The van der Waals surface area contributed by atoms with Crippen molar-refractivity contribution in [3.8, 4) is 11.4 Å². The molecule has 1 aromatic carbocycles. The Labute approximate surface area is 142 Å². The van der Waals surface area contributed by atoms with Crippen LogP contribution in [0, 0.1) is 18.8 Å². The van der Waals surface area contributed by atoms with Crippen molar-refractivity contribution < 1.29 is 4.79 Å². The number of hydrogen-bond donors (Lipinski definition) is 3. The number of rotatable bonds is 5. The van der Waals surface area contributed by atoms with Crippen LogP contribution in [-0.4, -0.2) is 34.2 Å². The Bertz CT molecular complexity index is 690. The highest BCUT2D eigenvalue weighted by Crippen LogP contribution is 2.24. The van der Waals surface area contributed by atoms with E-state index in [9.17, 15) is 4.79 Å². The molecule has 1 aliphatic rings. The molecule has 1 aliphatic heterocycles. The smallest absolute Gasteiger partial charge is 0.224 e. The number of nitrogens with one attached hydrogen (secondary N) is 3. The second-order valence-corrected chi connectivity index (χ2v) is 6.66. The Morgan fingerprint density at radius 1 is 1.46 bits per heavy atom. The van der Waals surface area contributed by atoms with Crippen LogP contribution in [0.25, 0.3) is 11.4 Å². The standard InChI is InChI=1S/C18H25N5O/c1-12(15-6-4-8-19-11-15)9-17(24)21-16-7-3-5-14(10-16)18-20-13(2)22-23-18/h3,5,7,10,12,15,19H,4,6,8-9,11H2,1-2H3,(H,21,24)(H,20,22,23). The third-order valence-corrected chi connectivity index (χ3v) is 4.65. The summed E-state index contributed by atoms with van der Waals surface area (Å²) in [5, 5.41) is 13.4. The van der Waals surface area contributed by atoms with E-state index in [2.05, 4.69) is 32.7 Å². The number of anilines is 1. The SMILES string of the molecule is Cc1nc(-c2cccc(NC(=O)CC(C)C3CCCNC3)c2)n[nH]1. The van der Waals surface area contributed by atoms with Gasteiger partial charge in [-0.3, -0.25) is 9.89 Å². The van der Waals surface area contributed by atoms with Gasteiger partial charge in [0, 0.05) is 17.7 Å². The lowest BCUT2D eigenvalue weighted by Gasteiger charge is -2.28. The predicted octanol–water partition coefficient (Wildman–Crippen LogP) is 2.74. The van der Waals surface area contributed by atoms with Crippen LogP contribution in [0.1, 0.15) is 32.0 Å².